The third-order valence-corrected chi connectivity index (χ3v) is 12.5. The average Bonchev–Trinajstić information content (AvgIpc) is 3.49. The Morgan fingerprint density at radius 1 is 1.00 bits per heavy atom. The fraction of sp³-hybridized carbons (Fsp3) is 0.455. The van der Waals surface area contributed by atoms with Gasteiger partial charge in [0.2, 0.25) is 19.9 Å². The van der Waals surface area contributed by atoms with Gasteiger partial charge in [0.25, 0.3) is 0 Å². The minimum absolute atomic E-state index is 0.0301. The normalized spacial score (nSPS) is 19.4. The highest BCUT2D eigenvalue weighted by molar-refractivity contribution is 7.92. The molecule has 11 nitrogen and oxygen atoms in total. The highest BCUT2D eigenvalue weighted by Crippen LogP contribution is 2.38. The monoisotopic (exact) mass is 709 g/mol. The number of rotatable bonds is 14. The highest BCUT2D eigenvalue weighted by Gasteiger charge is 2.46. The van der Waals surface area contributed by atoms with Crippen LogP contribution in [0.15, 0.2) is 82.6 Å². The summed E-state index contributed by atoms with van der Waals surface area (Å²) in [5.41, 5.74) is 8.01. The van der Waals surface area contributed by atoms with Crippen LogP contribution < -0.4 is 15.8 Å². The lowest BCUT2D eigenvalue weighted by molar-refractivity contribution is -0.0312. The fourth-order valence-corrected chi connectivity index (χ4v) is 8.55. The third-order valence-electron chi connectivity index (χ3n) is 8.81. The number of benzene rings is 3. The number of sulfonamides is 1. The van der Waals surface area contributed by atoms with E-state index >= 15 is 0 Å². The number of piperidine rings is 1. The number of ether oxygens (including phenoxy) is 2. The van der Waals surface area contributed by atoms with Gasteiger partial charge in [-0.15, -0.1) is 0 Å². The molecule has 2 atom stereocenters. The van der Waals surface area contributed by atoms with Crippen molar-refractivity contribution < 1.29 is 45.3 Å². The summed E-state index contributed by atoms with van der Waals surface area (Å²) in [6, 6.07) is 19.3. The minimum atomic E-state index is -5.12. The Morgan fingerprint density at radius 3 is 2.38 bits per heavy atom. The van der Waals surface area contributed by atoms with Gasteiger partial charge in [-0.1, -0.05) is 42.5 Å². The molecule has 2 heterocycles. The second kappa shape index (κ2) is 14.8. The zero-order valence-electron chi connectivity index (χ0n) is 26.3. The Hall–Kier alpha value is -3.02. The van der Waals surface area contributed by atoms with Gasteiger partial charge in [-0.2, -0.15) is 13.1 Å². The Balaban J connectivity index is 1.10. The molecule has 0 amide bonds. The average molecular weight is 710 g/mol. The van der Waals surface area contributed by atoms with Crippen LogP contribution in [0.2, 0.25) is 0 Å². The molecule has 3 aromatic carbocycles. The van der Waals surface area contributed by atoms with Crippen LogP contribution in [-0.4, -0.2) is 100 Å². The molecule has 0 radical (unpaired) electrons. The summed E-state index contributed by atoms with van der Waals surface area (Å²) in [6.07, 6.45) is 1.44. The standard InChI is InChI=1S/C33H41F2N3O8S2/c34-33(35,23-39)47(41,42)30-5-2-4-29(18-30)45-22-28(40)20-37-27-19-32(46-21-27)12-15-38(16-13-32)48(43,44)31-6-1-3-26(17-31)25-9-7-24(8-10-25)11-14-36/h1-10,17-18,27-28,37,39-40H,11-16,19-23,36H2/t27-,28+/m1/s1. The lowest BCUT2D eigenvalue weighted by Gasteiger charge is -2.38. The van der Waals surface area contributed by atoms with Gasteiger partial charge in [0.05, 0.1) is 22.0 Å². The maximum Gasteiger partial charge on any atom is 0.372 e. The van der Waals surface area contributed by atoms with Crippen LogP contribution in [0.5, 0.6) is 5.75 Å². The van der Waals surface area contributed by atoms with Gasteiger partial charge in [-0.3, -0.25) is 0 Å². The van der Waals surface area contributed by atoms with Gasteiger partial charge < -0.3 is 30.7 Å². The van der Waals surface area contributed by atoms with Gasteiger partial charge in [0.15, 0.2) is 0 Å². The first-order chi connectivity index (χ1) is 22.8. The number of sulfone groups is 1. The molecular formula is C33H41F2N3O8S2. The number of nitrogens with two attached hydrogens (primary N) is 1. The van der Waals surface area contributed by atoms with Crippen molar-refractivity contribution in [2.45, 2.75) is 58.5 Å². The predicted molar refractivity (Wildman–Crippen MR) is 175 cm³/mol. The Morgan fingerprint density at radius 2 is 1.69 bits per heavy atom. The zero-order chi connectivity index (χ0) is 34.6. The molecule has 0 bridgehead atoms. The van der Waals surface area contributed by atoms with E-state index < -0.39 is 48.3 Å². The Bertz CT molecular complexity index is 1770. The third kappa shape index (κ3) is 8.05. The second-order valence-corrected chi connectivity index (χ2v) is 16.2. The largest absolute Gasteiger partial charge is 0.491 e. The van der Waals surface area contributed by atoms with Gasteiger partial charge >= 0.3 is 5.25 Å². The molecule has 262 valence electrons. The number of hydrogen-bond donors (Lipinski definition) is 4. The number of halogens is 2. The van der Waals surface area contributed by atoms with E-state index in [4.69, 9.17) is 20.3 Å². The van der Waals surface area contributed by atoms with Gasteiger partial charge in [-0.05, 0) is 79.3 Å². The Kier molecular flexibility index (Phi) is 11.2. The summed E-state index contributed by atoms with van der Waals surface area (Å²) < 4.78 is 91.9. The molecule has 5 N–H and O–H groups in total. The summed E-state index contributed by atoms with van der Waals surface area (Å²) >= 11 is 0. The molecule has 0 aliphatic carbocycles. The number of aliphatic hydroxyl groups is 2. The van der Waals surface area contributed by atoms with E-state index in [1.54, 1.807) is 18.2 Å². The van der Waals surface area contributed by atoms with Crippen molar-refractivity contribution in [1.29, 1.82) is 0 Å². The van der Waals surface area contributed by atoms with Crippen molar-refractivity contribution >= 4 is 19.9 Å². The molecule has 2 aliphatic heterocycles. The predicted octanol–water partition coefficient (Wildman–Crippen LogP) is 2.56. The number of nitrogens with one attached hydrogen (secondary N) is 1. The molecule has 5 rings (SSSR count). The molecule has 0 saturated carbocycles. The molecule has 48 heavy (non-hydrogen) atoms. The lowest BCUT2D eigenvalue weighted by atomic mass is 9.88. The fourth-order valence-electron chi connectivity index (χ4n) is 6.02. The summed E-state index contributed by atoms with van der Waals surface area (Å²) in [4.78, 5) is -0.474. The number of hydrogen-bond acceptors (Lipinski definition) is 10. The first-order valence-corrected chi connectivity index (χ1v) is 18.6. The van der Waals surface area contributed by atoms with E-state index in [2.05, 4.69) is 5.32 Å². The minimum Gasteiger partial charge on any atom is -0.491 e. The van der Waals surface area contributed by atoms with E-state index in [0.717, 1.165) is 35.2 Å². The molecule has 2 saturated heterocycles. The summed E-state index contributed by atoms with van der Waals surface area (Å²) in [5, 5.41) is 18.1. The topological polar surface area (TPSA) is 168 Å². The van der Waals surface area contributed by atoms with E-state index in [1.807, 2.05) is 30.3 Å². The highest BCUT2D eigenvalue weighted by atomic mass is 32.2. The quantitative estimate of drug-likeness (QED) is 0.195. The molecule has 2 aliphatic rings. The van der Waals surface area contributed by atoms with Crippen molar-refractivity contribution in [3.05, 3.63) is 78.4 Å². The van der Waals surface area contributed by atoms with Crippen LogP contribution >= 0.6 is 0 Å². The van der Waals surface area contributed by atoms with E-state index in [0.29, 0.717) is 45.5 Å². The maximum atomic E-state index is 13.7. The molecule has 0 unspecified atom stereocenters. The Labute approximate surface area is 279 Å². The van der Waals surface area contributed by atoms with Crippen LogP contribution in [0, 0.1) is 0 Å². The summed E-state index contributed by atoms with van der Waals surface area (Å²) in [7, 11) is -8.84. The van der Waals surface area contributed by atoms with Gasteiger partial charge in [0.1, 0.15) is 25.1 Å². The van der Waals surface area contributed by atoms with Crippen molar-refractivity contribution in [2.24, 2.45) is 5.73 Å². The van der Waals surface area contributed by atoms with Crippen LogP contribution in [0.1, 0.15) is 24.8 Å². The number of alkyl halides is 2. The van der Waals surface area contributed by atoms with E-state index in [-0.39, 0.29) is 29.8 Å². The first-order valence-electron chi connectivity index (χ1n) is 15.7. The van der Waals surface area contributed by atoms with Crippen LogP contribution in [0.4, 0.5) is 8.78 Å². The molecule has 3 aromatic rings. The van der Waals surface area contributed by atoms with E-state index in [1.165, 1.54) is 16.4 Å². The SMILES string of the molecule is NCCc1ccc(-c2cccc(S(=O)(=O)N3CCC4(CC3)C[C@@H](NC[C@H](O)COc3cccc(S(=O)(=O)C(F)(F)CO)c3)CO4)c2)cc1. The van der Waals surface area contributed by atoms with Crippen LogP contribution in [0.3, 0.4) is 0 Å². The maximum absolute atomic E-state index is 13.7. The van der Waals surface area contributed by atoms with Crippen molar-refractivity contribution in [3.8, 4) is 16.9 Å². The molecule has 2 fully saturated rings. The van der Waals surface area contributed by atoms with Crippen LogP contribution in [0.25, 0.3) is 11.1 Å². The summed E-state index contributed by atoms with van der Waals surface area (Å²) in [5.74, 6) is -0.0301. The number of aliphatic hydroxyl groups excluding tert-OH is 2. The number of nitrogens with zero attached hydrogens (tertiary/aromatic N) is 1. The summed E-state index contributed by atoms with van der Waals surface area (Å²) in [6.45, 7) is -0.411. The van der Waals surface area contributed by atoms with Crippen LogP contribution in [-0.2, 0) is 31.0 Å². The van der Waals surface area contributed by atoms with Crippen molar-refractivity contribution in [2.75, 3.05) is 46.0 Å². The molecule has 1 spiro atoms. The smallest absolute Gasteiger partial charge is 0.372 e. The molecule has 0 aromatic heterocycles. The lowest BCUT2D eigenvalue weighted by Crippen LogP contribution is -2.47. The van der Waals surface area contributed by atoms with Crippen molar-refractivity contribution in [1.82, 2.24) is 9.62 Å². The molecule has 15 heteroatoms. The van der Waals surface area contributed by atoms with E-state index in [9.17, 15) is 30.7 Å². The first kappa shape index (κ1) is 36.3. The van der Waals surface area contributed by atoms with Crippen molar-refractivity contribution in [3.63, 3.8) is 0 Å². The second-order valence-electron chi connectivity index (χ2n) is 12.2. The molecular weight excluding hydrogens is 669 g/mol. The van der Waals surface area contributed by atoms with Gasteiger partial charge in [0, 0.05) is 25.7 Å². The zero-order valence-corrected chi connectivity index (χ0v) is 27.9. The van der Waals surface area contributed by atoms with Gasteiger partial charge in [-0.25, -0.2) is 16.8 Å².